The third kappa shape index (κ3) is 6.97. The Bertz CT molecular complexity index is 629. The number of carbonyl (C=O) groups is 2. The monoisotopic (exact) mass is 394 g/mol. The lowest BCUT2D eigenvalue weighted by molar-refractivity contribution is 0.0357. The van der Waals surface area contributed by atoms with Crippen LogP contribution in [0.5, 0.6) is 0 Å². The summed E-state index contributed by atoms with van der Waals surface area (Å²) in [6, 6.07) is 9.60. The fraction of sp³-hybridized carbons (Fsp3) is 0.600. The number of carbonyl (C=O) groups excluding carboxylic acids is 2. The summed E-state index contributed by atoms with van der Waals surface area (Å²) in [5.74, 6) is 0.703. The van der Waals surface area contributed by atoms with Gasteiger partial charge in [0.1, 0.15) is 12.2 Å². The van der Waals surface area contributed by atoms with Gasteiger partial charge in [-0.3, -0.25) is 0 Å². The molecule has 1 aromatic carbocycles. The van der Waals surface area contributed by atoms with Crippen LogP contribution < -0.4 is 5.32 Å². The van der Waals surface area contributed by atoms with Crippen molar-refractivity contribution in [2.45, 2.75) is 51.4 Å². The van der Waals surface area contributed by atoms with Gasteiger partial charge in [0, 0.05) is 18.8 Å². The van der Waals surface area contributed by atoms with Gasteiger partial charge in [-0.15, -0.1) is 0 Å². The van der Waals surface area contributed by atoms with E-state index in [9.17, 15) is 9.59 Å². The molecular formula is C20H30N2O4S. The maximum atomic E-state index is 12.5. The molecule has 1 unspecified atom stereocenters. The quantitative estimate of drug-likeness (QED) is 0.816. The molecule has 7 heteroatoms. The standard InChI is InChI=1S/C20H30N2O4S/c1-19(2,3)26-17(23)21-20(15-27-4)11-8-12-22(14-20)18(24)25-13-16-9-6-5-7-10-16/h5-7,9-10H,8,11-15H2,1-4H3,(H,21,23). The van der Waals surface area contributed by atoms with Crippen LogP contribution in [0.1, 0.15) is 39.2 Å². The van der Waals surface area contributed by atoms with E-state index in [2.05, 4.69) is 5.32 Å². The Hall–Kier alpha value is -1.89. The number of nitrogens with zero attached hydrogens (tertiary/aromatic N) is 1. The summed E-state index contributed by atoms with van der Waals surface area (Å²) in [6.45, 7) is 6.79. The van der Waals surface area contributed by atoms with Crippen molar-refractivity contribution in [3.63, 3.8) is 0 Å². The minimum Gasteiger partial charge on any atom is -0.445 e. The first-order valence-corrected chi connectivity index (χ1v) is 10.6. The molecule has 0 aromatic heterocycles. The Kier molecular flexibility index (Phi) is 7.41. The summed E-state index contributed by atoms with van der Waals surface area (Å²) >= 11 is 1.64. The molecule has 1 heterocycles. The fourth-order valence-electron chi connectivity index (χ4n) is 3.15. The van der Waals surface area contributed by atoms with E-state index in [0.717, 1.165) is 18.4 Å². The largest absolute Gasteiger partial charge is 0.445 e. The molecule has 0 saturated carbocycles. The number of ether oxygens (including phenoxy) is 2. The molecule has 0 spiro atoms. The fourth-order valence-corrected chi connectivity index (χ4v) is 4.01. The van der Waals surface area contributed by atoms with Gasteiger partial charge in [0.15, 0.2) is 0 Å². The Morgan fingerprint density at radius 1 is 1.26 bits per heavy atom. The van der Waals surface area contributed by atoms with Gasteiger partial charge in [-0.05, 0) is 45.4 Å². The Morgan fingerprint density at radius 3 is 2.59 bits per heavy atom. The molecule has 1 aromatic rings. The van der Waals surface area contributed by atoms with E-state index in [1.807, 2.05) is 57.4 Å². The van der Waals surface area contributed by atoms with Crippen LogP contribution in [0, 0.1) is 0 Å². The van der Waals surface area contributed by atoms with Gasteiger partial charge < -0.3 is 19.7 Å². The van der Waals surface area contributed by atoms with Crippen LogP contribution in [0.15, 0.2) is 30.3 Å². The first-order valence-electron chi connectivity index (χ1n) is 9.19. The molecule has 150 valence electrons. The number of alkyl carbamates (subject to hydrolysis) is 1. The number of hydrogen-bond acceptors (Lipinski definition) is 5. The smallest absolute Gasteiger partial charge is 0.410 e. The van der Waals surface area contributed by atoms with E-state index in [1.54, 1.807) is 16.7 Å². The van der Waals surface area contributed by atoms with Crippen molar-refractivity contribution < 1.29 is 19.1 Å². The third-order valence-electron chi connectivity index (χ3n) is 4.23. The second kappa shape index (κ2) is 9.35. The Labute approximate surface area is 166 Å². The molecule has 1 fully saturated rings. The lowest BCUT2D eigenvalue weighted by Crippen LogP contribution is -2.61. The predicted molar refractivity (Wildman–Crippen MR) is 108 cm³/mol. The SMILES string of the molecule is CSCC1(NC(=O)OC(C)(C)C)CCCN(C(=O)OCc2ccccc2)C1. The molecule has 1 aliphatic heterocycles. The highest BCUT2D eigenvalue weighted by Crippen LogP contribution is 2.26. The van der Waals surface area contributed by atoms with Gasteiger partial charge in [0.2, 0.25) is 0 Å². The number of thioether (sulfide) groups is 1. The predicted octanol–water partition coefficient (Wildman–Crippen LogP) is 4.05. The third-order valence-corrected chi connectivity index (χ3v) is 5.07. The normalized spacial score (nSPS) is 20.1. The van der Waals surface area contributed by atoms with Crippen LogP contribution >= 0.6 is 11.8 Å². The van der Waals surface area contributed by atoms with Crippen LogP contribution in [0.2, 0.25) is 0 Å². The zero-order chi connectivity index (χ0) is 19.9. The molecule has 1 N–H and O–H groups in total. The molecule has 0 radical (unpaired) electrons. The van der Waals surface area contributed by atoms with Gasteiger partial charge in [-0.1, -0.05) is 30.3 Å². The Morgan fingerprint density at radius 2 is 1.96 bits per heavy atom. The van der Waals surface area contributed by atoms with Crippen LogP contribution in [0.25, 0.3) is 0 Å². The van der Waals surface area contributed by atoms with Gasteiger partial charge in [0.25, 0.3) is 0 Å². The number of benzene rings is 1. The van der Waals surface area contributed by atoms with Gasteiger partial charge >= 0.3 is 12.2 Å². The van der Waals surface area contributed by atoms with E-state index >= 15 is 0 Å². The lowest BCUT2D eigenvalue weighted by atomic mass is 9.91. The number of piperidine rings is 1. The van der Waals surface area contributed by atoms with Gasteiger partial charge in [0.05, 0.1) is 5.54 Å². The van der Waals surface area contributed by atoms with Crippen molar-refractivity contribution in [3.05, 3.63) is 35.9 Å². The topological polar surface area (TPSA) is 67.9 Å². The van der Waals surface area contributed by atoms with Crippen LogP contribution in [0.4, 0.5) is 9.59 Å². The van der Waals surface area contributed by atoms with E-state index in [-0.39, 0.29) is 12.7 Å². The molecule has 6 nitrogen and oxygen atoms in total. The van der Waals surface area contributed by atoms with Crippen molar-refractivity contribution >= 4 is 23.9 Å². The number of hydrogen-bond donors (Lipinski definition) is 1. The van der Waals surface area contributed by atoms with Crippen LogP contribution in [-0.2, 0) is 16.1 Å². The van der Waals surface area contributed by atoms with Crippen molar-refractivity contribution in [1.82, 2.24) is 10.2 Å². The molecule has 1 atom stereocenters. The molecule has 1 aliphatic rings. The first kappa shape index (κ1) is 21.4. The molecule has 1 saturated heterocycles. The van der Waals surface area contributed by atoms with Gasteiger partial charge in [-0.25, -0.2) is 9.59 Å². The summed E-state index contributed by atoms with van der Waals surface area (Å²) in [7, 11) is 0. The van der Waals surface area contributed by atoms with Crippen LogP contribution in [-0.4, -0.2) is 53.3 Å². The highest BCUT2D eigenvalue weighted by molar-refractivity contribution is 7.98. The average molecular weight is 395 g/mol. The molecule has 2 rings (SSSR count). The zero-order valence-corrected chi connectivity index (χ0v) is 17.4. The molecule has 0 aliphatic carbocycles. The van der Waals surface area contributed by atoms with Crippen molar-refractivity contribution in [3.8, 4) is 0 Å². The summed E-state index contributed by atoms with van der Waals surface area (Å²) in [5, 5.41) is 3.02. The van der Waals surface area contributed by atoms with E-state index in [0.29, 0.717) is 18.8 Å². The first-order chi connectivity index (χ1) is 12.7. The zero-order valence-electron chi connectivity index (χ0n) is 16.6. The summed E-state index contributed by atoms with van der Waals surface area (Å²) in [4.78, 5) is 26.5. The average Bonchev–Trinajstić information content (AvgIpc) is 2.59. The molecule has 27 heavy (non-hydrogen) atoms. The summed E-state index contributed by atoms with van der Waals surface area (Å²) in [6.07, 6.45) is 2.79. The van der Waals surface area contributed by atoms with E-state index in [4.69, 9.17) is 9.47 Å². The molecule has 0 bridgehead atoms. The van der Waals surface area contributed by atoms with Crippen LogP contribution in [0.3, 0.4) is 0 Å². The highest BCUT2D eigenvalue weighted by atomic mass is 32.2. The lowest BCUT2D eigenvalue weighted by Gasteiger charge is -2.42. The summed E-state index contributed by atoms with van der Waals surface area (Å²) in [5.41, 5.74) is -0.121. The minimum atomic E-state index is -0.562. The maximum absolute atomic E-state index is 12.5. The number of rotatable bonds is 5. The van der Waals surface area contributed by atoms with E-state index in [1.165, 1.54) is 0 Å². The maximum Gasteiger partial charge on any atom is 0.410 e. The van der Waals surface area contributed by atoms with Crippen molar-refractivity contribution in [2.24, 2.45) is 0 Å². The van der Waals surface area contributed by atoms with E-state index < -0.39 is 17.2 Å². The number of likely N-dealkylation sites (tertiary alicyclic amines) is 1. The second-order valence-electron chi connectivity index (χ2n) is 7.91. The minimum absolute atomic E-state index is 0.241. The number of nitrogens with one attached hydrogen (secondary N) is 1. The van der Waals surface area contributed by atoms with Gasteiger partial charge in [-0.2, -0.15) is 11.8 Å². The second-order valence-corrected chi connectivity index (χ2v) is 8.77. The highest BCUT2D eigenvalue weighted by Gasteiger charge is 2.39. The number of amides is 2. The van der Waals surface area contributed by atoms with Crippen molar-refractivity contribution in [1.29, 1.82) is 0 Å². The van der Waals surface area contributed by atoms with Crippen molar-refractivity contribution in [2.75, 3.05) is 25.1 Å². The molecular weight excluding hydrogens is 364 g/mol. The Balaban J connectivity index is 1.98. The molecule has 2 amide bonds. The summed E-state index contributed by atoms with van der Waals surface area (Å²) < 4.78 is 10.9.